The van der Waals surface area contributed by atoms with Gasteiger partial charge in [-0.05, 0) is 28.8 Å². The van der Waals surface area contributed by atoms with E-state index in [2.05, 4.69) is 29.6 Å². The Morgan fingerprint density at radius 2 is 2.00 bits per heavy atom. The average molecular weight is 281 g/mol. The summed E-state index contributed by atoms with van der Waals surface area (Å²) in [6.07, 6.45) is 0.321. The van der Waals surface area contributed by atoms with E-state index >= 15 is 0 Å². The van der Waals surface area contributed by atoms with Crippen LogP contribution in [-0.4, -0.2) is 19.2 Å². The molecule has 21 heavy (non-hydrogen) atoms. The first kappa shape index (κ1) is 12.9. The van der Waals surface area contributed by atoms with E-state index in [-0.39, 0.29) is 0 Å². The molecular formula is C18H19NO2. The second-order valence-electron chi connectivity index (χ2n) is 5.75. The number of fused-ring (bicyclic) bond motifs is 3. The third kappa shape index (κ3) is 2.55. The lowest BCUT2D eigenvalue weighted by Gasteiger charge is -2.28. The standard InChI is InChI=1S/C18H19NO2/c1-2-4-13(5-3-1)11-20-15-7-6-14-12-21-18-10-19-9-17(18)16(14)8-15/h1-8,17-19H,9-12H2/t17-,18+/m0/s1. The predicted molar refractivity (Wildman–Crippen MR) is 81.4 cm³/mol. The monoisotopic (exact) mass is 281 g/mol. The van der Waals surface area contributed by atoms with Crippen LogP contribution in [0.15, 0.2) is 48.5 Å². The van der Waals surface area contributed by atoms with E-state index in [9.17, 15) is 0 Å². The molecule has 108 valence electrons. The Morgan fingerprint density at radius 1 is 1.10 bits per heavy atom. The first-order valence-electron chi connectivity index (χ1n) is 7.52. The molecule has 2 aliphatic heterocycles. The fourth-order valence-corrected chi connectivity index (χ4v) is 3.22. The molecule has 3 heteroatoms. The molecule has 0 aromatic heterocycles. The Balaban J connectivity index is 1.53. The zero-order chi connectivity index (χ0) is 14.1. The SMILES string of the molecule is c1ccc(COc2ccc3c(c2)[C@@H]2CNC[C@H]2OC3)cc1. The van der Waals surface area contributed by atoms with E-state index in [0.29, 0.717) is 18.6 Å². The number of rotatable bonds is 3. The highest BCUT2D eigenvalue weighted by molar-refractivity contribution is 5.40. The van der Waals surface area contributed by atoms with Gasteiger partial charge in [-0.15, -0.1) is 0 Å². The fraction of sp³-hybridized carbons (Fsp3) is 0.333. The first-order chi connectivity index (χ1) is 10.4. The molecule has 1 fully saturated rings. The topological polar surface area (TPSA) is 30.5 Å². The van der Waals surface area contributed by atoms with Crippen LogP contribution in [0.2, 0.25) is 0 Å². The van der Waals surface area contributed by atoms with Crippen molar-refractivity contribution < 1.29 is 9.47 Å². The van der Waals surface area contributed by atoms with Gasteiger partial charge >= 0.3 is 0 Å². The molecule has 2 aromatic rings. The summed E-state index contributed by atoms with van der Waals surface area (Å²) in [6.45, 7) is 3.29. The molecule has 0 unspecified atom stereocenters. The molecule has 0 aliphatic carbocycles. The van der Waals surface area contributed by atoms with Crippen molar-refractivity contribution >= 4 is 0 Å². The Labute approximate surface area is 124 Å². The third-order valence-electron chi connectivity index (χ3n) is 4.38. The van der Waals surface area contributed by atoms with Gasteiger partial charge in [0.05, 0.1) is 12.7 Å². The molecule has 3 nitrogen and oxygen atoms in total. The summed E-state index contributed by atoms with van der Waals surface area (Å²) in [5, 5.41) is 3.42. The molecule has 1 N–H and O–H groups in total. The van der Waals surface area contributed by atoms with Gasteiger partial charge in [0, 0.05) is 19.0 Å². The van der Waals surface area contributed by atoms with Crippen LogP contribution >= 0.6 is 0 Å². The molecule has 2 aromatic carbocycles. The highest BCUT2D eigenvalue weighted by atomic mass is 16.5. The summed E-state index contributed by atoms with van der Waals surface area (Å²) < 4.78 is 11.8. The zero-order valence-electron chi connectivity index (χ0n) is 11.9. The van der Waals surface area contributed by atoms with Crippen molar-refractivity contribution in [3.05, 3.63) is 65.2 Å². The highest BCUT2D eigenvalue weighted by Crippen LogP contribution is 2.35. The lowest BCUT2D eigenvalue weighted by molar-refractivity contribution is 0.0298. The van der Waals surface area contributed by atoms with Crippen LogP contribution in [0.25, 0.3) is 0 Å². The van der Waals surface area contributed by atoms with Gasteiger partial charge < -0.3 is 14.8 Å². The average Bonchev–Trinajstić information content (AvgIpc) is 3.03. The van der Waals surface area contributed by atoms with Gasteiger partial charge in [-0.1, -0.05) is 36.4 Å². The van der Waals surface area contributed by atoms with Gasteiger partial charge in [0.2, 0.25) is 0 Å². The van der Waals surface area contributed by atoms with Crippen molar-refractivity contribution in [1.82, 2.24) is 5.32 Å². The molecule has 1 saturated heterocycles. The number of ether oxygens (including phenoxy) is 2. The van der Waals surface area contributed by atoms with Gasteiger partial charge in [0.1, 0.15) is 12.4 Å². The first-order valence-corrected chi connectivity index (χ1v) is 7.52. The van der Waals surface area contributed by atoms with Crippen LogP contribution in [0.4, 0.5) is 0 Å². The molecule has 2 heterocycles. The second-order valence-corrected chi connectivity index (χ2v) is 5.75. The van der Waals surface area contributed by atoms with Crippen molar-refractivity contribution in [3.63, 3.8) is 0 Å². The van der Waals surface area contributed by atoms with Crippen LogP contribution in [0.5, 0.6) is 5.75 Å². The molecule has 4 rings (SSSR count). The lowest BCUT2D eigenvalue weighted by Crippen LogP contribution is -2.26. The number of hydrogen-bond donors (Lipinski definition) is 1. The molecule has 2 atom stereocenters. The smallest absolute Gasteiger partial charge is 0.120 e. The molecule has 0 amide bonds. The maximum absolute atomic E-state index is 5.95. The summed E-state index contributed by atoms with van der Waals surface area (Å²) in [4.78, 5) is 0. The molecular weight excluding hydrogens is 262 g/mol. The minimum absolute atomic E-state index is 0.321. The van der Waals surface area contributed by atoms with Crippen molar-refractivity contribution in [3.8, 4) is 5.75 Å². The van der Waals surface area contributed by atoms with E-state index in [1.807, 2.05) is 24.3 Å². The summed E-state index contributed by atoms with van der Waals surface area (Å²) >= 11 is 0. The normalized spacial score (nSPS) is 23.4. The van der Waals surface area contributed by atoms with Gasteiger partial charge in [-0.3, -0.25) is 0 Å². The largest absolute Gasteiger partial charge is 0.489 e. The van der Waals surface area contributed by atoms with Gasteiger partial charge in [-0.2, -0.15) is 0 Å². The summed E-state index contributed by atoms with van der Waals surface area (Å²) in [6, 6.07) is 16.7. The Kier molecular flexibility index (Phi) is 3.37. The minimum atomic E-state index is 0.321. The molecule has 0 radical (unpaired) electrons. The van der Waals surface area contributed by atoms with Crippen LogP contribution in [0, 0.1) is 0 Å². The lowest BCUT2D eigenvalue weighted by atomic mass is 9.89. The van der Waals surface area contributed by atoms with Gasteiger partial charge in [0.25, 0.3) is 0 Å². The second kappa shape index (κ2) is 5.51. The predicted octanol–water partition coefficient (Wildman–Crippen LogP) is 2.85. The van der Waals surface area contributed by atoms with E-state index in [1.54, 1.807) is 0 Å². The Hall–Kier alpha value is -1.84. The maximum atomic E-state index is 5.95. The Bertz CT molecular complexity index is 626. The molecule has 0 saturated carbocycles. The van der Waals surface area contributed by atoms with Crippen LogP contribution in [0.3, 0.4) is 0 Å². The highest BCUT2D eigenvalue weighted by Gasteiger charge is 2.34. The van der Waals surface area contributed by atoms with Crippen molar-refractivity contribution in [2.24, 2.45) is 0 Å². The summed E-state index contributed by atoms with van der Waals surface area (Å²) in [5.41, 5.74) is 3.88. The molecule has 0 bridgehead atoms. The fourth-order valence-electron chi connectivity index (χ4n) is 3.22. The third-order valence-corrected chi connectivity index (χ3v) is 4.38. The van der Waals surface area contributed by atoms with Crippen LogP contribution in [0.1, 0.15) is 22.6 Å². The maximum Gasteiger partial charge on any atom is 0.120 e. The van der Waals surface area contributed by atoms with Gasteiger partial charge in [0.15, 0.2) is 0 Å². The quantitative estimate of drug-likeness (QED) is 0.938. The van der Waals surface area contributed by atoms with Crippen molar-refractivity contribution in [2.75, 3.05) is 13.1 Å². The molecule has 2 aliphatic rings. The number of hydrogen-bond acceptors (Lipinski definition) is 3. The Morgan fingerprint density at radius 3 is 2.90 bits per heavy atom. The van der Waals surface area contributed by atoms with E-state index in [4.69, 9.17) is 9.47 Å². The van der Waals surface area contributed by atoms with E-state index < -0.39 is 0 Å². The van der Waals surface area contributed by atoms with E-state index in [0.717, 1.165) is 25.4 Å². The summed E-state index contributed by atoms with van der Waals surface area (Å²) in [5.74, 6) is 1.42. The van der Waals surface area contributed by atoms with E-state index in [1.165, 1.54) is 16.7 Å². The zero-order valence-corrected chi connectivity index (χ0v) is 11.9. The van der Waals surface area contributed by atoms with Gasteiger partial charge in [-0.25, -0.2) is 0 Å². The number of nitrogens with one attached hydrogen (secondary N) is 1. The van der Waals surface area contributed by atoms with Crippen molar-refractivity contribution in [1.29, 1.82) is 0 Å². The van der Waals surface area contributed by atoms with Crippen molar-refractivity contribution in [2.45, 2.75) is 25.2 Å². The summed E-state index contributed by atoms with van der Waals surface area (Å²) in [7, 11) is 0. The van der Waals surface area contributed by atoms with Crippen LogP contribution < -0.4 is 10.1 Å². The van der Waals surface area contributed by atoms with Crippen LogP contribution in [-0.2, 0) is 18.0 Å². The minimum Gasteiger partial charge on any atom is -0.489 e. The number of benzene rings is 2. The molecule has 0 spiro atoms.